The van der Waals surface area contributed by atoms with Crippen LogP contribution in [0.1, 0.15) is 5.56 Å². The molecule has 2 rings (SSSR count). The van der Waals surface area contributed by atoms with E-state index in [0.29, 0.717) is 13.2 Å². The fraction of sp³-hybridized carbons (Fsp3) is 0.300. The van der Waals surface area contributed by atoms with Crippen molar-refractivity contribution in [1.29, 1.82) is 0 Å². The number of benzene rings is 1. The fourth-order valence-electron chi connectivity index (χ4n) is 0.881. The maximum absolute atomic E-state index is 9.91. The summed E-state index contributed by atoms with van der Waals surface area (Å²) in [6, 6.07) is 8.22. The molecule has 0 aliphatic carbocycles. The number of nitrogens with one attached hydrogen (secondary N) is 1. The molecule has 0 atom stereocenters. The van der Waals surface area contributed by atoms with Crippen LogP contribution in [0.15, 0.2) is 28.7 Å². The Morgan fingerprint density at radius 3 is 2.29 bits per heavy atom. The van der Waals surface area contributed by atoms with Gasteiger partial charge in [0.15, 0.2) is 0 Å². The van der Waals surface area contributed by atoms with Gasteiger partial charge < -0.3 is 10.1 Å². The van der Waals surface area contributed by atoms with Gasteiger partial charge in [0.1, 0.15) is 6.61 Å². The quantitative estimate of drug-likeness (QED) is 0.776. The van der Waals surface area contributed by atoms with E-state index in [1.807, 2.05) is 12.1 Å². The smallest absolute Gasteiger partial charge is 0.407 e. The number of rotatable bonds is 0. The second kappa shape index (κ2) is 5.65. The van der Waals surface area contributed by atoms with Crippen molar-refractivity contribution in [1.82, 2.24) is 5.32 Å². The van der Waals surface area contributed by atoms with E-state index in [4.69, 9.17) is 0 Å². The van der Waals surface area contributed by atoms with Crippen molar-refractivity contribution in [3.8, 4) is 0 Å². The largest absolute Gasteiger partial charge is 0.448 e. The molecule has 0 aromatic heterocycles. The van der Waals surface area contributed by atoms with Crippen LogP contribution >= 0.6 is 15.9 Å². The molecule has 0 radical (unpaired) electrons. The molecule has 1 aliphatic rings. The molecule has 0 spiro atoms. The standard InChI is InChI=1S/C7H7Br.C3H5NO2/c1-6-2-4-7(8)5-3-6;5-3-4-1-2-6-3/h2-5H,1H3;1-2H2,(H,4,5). The van der Waals surface area contributed by atoms with Gasteiger partial charge in [-0.3, -0.25) is 0 Å². The van der Waals surface area contributed by atoms with E-state index in [2.05, 4.69) is 45.0 Å². The summed E-state index contributed by atoms with van der Waals surface area (Å²) >= 11 is 3.35. The number of ether oxygens (including phenoxy) is 1. The zero-order valence-electron chi connectivity index (χ0n) is 7.92. The normalized spacial score (nSPS) is 13.7. The summed E-state index contributed by atoms with van der Waals surface area (Å²) < 4.78 is 5.54. The Labute approximate surface area is 91.6 Å². The van der Waals surface area contributed by atoms with Gasteiger partial charge in [-0.05, 0) is 19.1 Å². The molecule has 1 aliphatic heterocycles. The molecule has 0 saturated carbocycles. The molecule has 0 unspecified atom stereocenters. The minimum atomic E-state index is -0.296. The molecule has 1 saturated heterocycles. The fourth-order valence-corrected chi connectivity index (χ4v) is 1.15. The Balaban J connectivity index is 0.000000146. The number of amides is 1. The number of cyclic esters (lactones) is 1. The number of hydrogen-bond acceptors (Lipinski definition) is 2. The lowest BCUT2D eigenvalue weighted by Crippen LogP contribution is -2.11. The van der Waals surface area contributed by atoms with Gasteiger partial charge in [0.2, 0.25) is 0 Å². The van der Waals surface area contributed by atoms with Crippen molar-refractivity contribution in [2.75, 3.05) is 13.2 Å². The van der Waals surface area contributed by atoms with Crippen molar-refractivity contribution in [3.63, 3.8) is 0 Å². The summed E-state index contributed by atoms with van der Waals surface area (Å²) in [6.07, 6.45) is -0.296. The van der Waals surface area contributed by atoms with Gasteiger partial charge in [0.25, 0.3) is 0 Å². The Hall–Kier alpha value is -1.03. The number of halogens is 1. The number of alkyl carbamates (subject to hydrolysis) is 1. The van der Waals surface area contributed by atoms with Crippen LogP contribution < -0.4 is 5.32 Å². The van der Waals surface area contributed by atoms with Crippen LogP contribution in [0.3, 0.4) is 0 Å². The molecule has 0 bridgehead atoms. The Morgan fingerprint density at radius 1 is 1.36 bits per heavy atom. The lowest BCUT2D eigenvalue weighted by atomic mass is 10.2. The van der Waals surface area contributed by atoms with Crippen molar-refractivity contribution in [3.05, 3.63) is 34.3 Å². The SMILES string of the molecule is Cc1ccc(Br)cc1.O=C1NCCO1. The van der Waals surface area contributed by atoms with E-state index in [-0.39, 0.29) is 6.09 Å². The monoisotopic (exact) mass is 257 g/mol. The van der Waals surface area contributed by atoms with Gasteiger partial charge in [-0.1, -0.05) is 33.6 Å². The number of hydrogen-bond donors (Lipinski definition) is 1. The lowest BCUT2D eigenvalue weighted by molar-refractivity contribution is 0.178. The van der Waals surface area contributed by atoms with Gasteiger partial charge in [0, 0.05) is 4.47 Å². The van der Waals surface area contributed by atoms with Crippen LogP contribution in [-0.2, 0) is 4.74 Å². The third-order valence-electron chi connectivity index (χ3n) is 1.62. The van der Waals surface area contributed by atoms with Crippen molar-refractivity contribution in [2.24, 2.45) is 0 Å². The van der Waals surface area contributed by atoms with Gasteiger partial charge in [-0.15, -0.1) is 0 Å². The first-order valence-electron chi connectivity index (χ1n) is 4.31. The molecule has 4 heteroatoms. The third kappa shape index (κ3) is 4.28. The number of carbonyl (C=O) groups is 1. The van der Waals surface area contributed by atoms with Gasteiger partial charge in [-0.25, -0.2) is 4.79 Å². The molecule has 1 fully saturated rings. The predicted octanol–water partition coefficient (Wildman–Crippen LogP) is 2.48. The summed E-state index contributed by atoms with van der Waals surface area (Å²) in [5.74, 6) is 0. The summed E-state index contributed by atoms with van der Waals surface area (Å²) in [4.78, 5) is 9.91. The average Bonchev–Trinajstić information content (AvgIpc) is 2.63. The third-order valence-corrected chi connectivity index (χ3v) is 2.14. The van der Waals surface area contributed by atoms with E-state index in [9.17, 15) is 4.79 Å². The van der Waals surface area contributed by atoms with E-state index in [1.54, 1.807) is 0 Å². The van der Waals surface area contributed by atoms with Crippen molar-refractivity contribution >= 4 is 22.0 Å². The van der Waals surface area contributed by atoms with Crippen LogP contribution in [-0.4, -0.2) is 19.2 Å². The van der Waals surface area contributed by atoms with Gasteiger partial charge in [0.05, 0.1) is 6.54 Å². The molecule has 1 heterocycles. The summed E-state index contributed by atoms with van der Waals surface area (Å²) in [5.41, 5.74) is 1.30. The molecule has 3 nitrogen and oxygen atoms in total. The van der Waals surface area contributed by atoms with Crippen LogP contribution in [0.2, 0.25) is 0 Å². The van der Waals surface area contributed by atoms with Gasteiger partial charge >= 0.3 is 6.09 Å². The van der Waals surface area contributed by atoms with E-state index in [0.717, 1.165) is 4.47 Å². The topological polar surface area (TPSA) is 38.3 Å². The second-order valence-corrected chi connectivity index (χ2v) is 3.77. The highest BCUT2D eigenvalue weighted by Crippen LogP contribution is 2.08. The minimum Gasteiger partial charge on any atom is -0.448 e. The van der Waals surface area contributed by atoms with Crippen molar-refractivity contribution < 1.29 is 9.53 Å². The lowest BCUT2D eigenvalue weighted by Gasteiger charge is -1.88. The highest BCUT2D eigenvalue weighted by atomic mass is 79.9. The number of aryl methyl sites for hydroxylation is 1. The molecule has 1 aromatic carbocycles. The van der Waals surface area contributed by atoms with E-state index >= 15 is 0 Å². The maximum Gasteiger partial charge on any atom is 0.407 e. The zero-order valence-corrected chi connectivity index (χ0v) is 9.50. The predicted molar refractivity (Wildman–Crippen MR) is 58.2 cm³/mol. The summed E-state index contributed by atoms with van der Waals surface area (Å²) in [5, 5.41) is 2.46. The Bertz CT molecular complexity index is 268. The van der Waals surface area contributed by atoms with Crippen LogP contribution in [0, 0.1) is 6.92 Å². The molecule has 14 heavy (non-hydrogen) atoms. The molecular formula is C10H12BrNO2. The molecular weight excluding hydrogens is 246 g/mol. The van der Waals surface area contributed by atoms with Crippen LogP contribution in [0.25, 0.3) is 0 Å². The molecule has 1 aromatic rings. The van der Waals surface area contributed by atoms with Gasteiger partial charge in [-0.2, -0.15) is 0 Å². The first-order valence-corrected chi connectivity index (χ1v) is 5.10. The average molecular weight is 258 g/mol. The highest BCUT2D eigenvalue weighted by Gasteiger charge is 2.06. The first kappa shape index (κ1) is 11.0. The maximum atomic E-state index is 9.91. The molecule has 1 amide bonds. The Morgan fingerprint density at radius 2 is 2.00 bits per heavy atom. The summed E-state index contributed by atoms with van der Waals surface area (Å²) in [7, 11) is 0. The van der Waals surface area contributed by atoms with E-state index in [1.165, 1.54) is 5.56 Å². The second-order valence-electron chi connectivity index (χ2n) is 2.86. The highest BCUT2D eigenvalue weighted by molar-refractivity contribution is 9.10. The van der Waals surface area contributed by atoms with Crippen LogP contribution in [0.4, 0.5) is 4.79 Å². The van der Waals surface area contributed by atoms with Crippen molar-refractivity contribution in [2.45, 2.75) is 6.92 Å². The Kier molecular flexibility index (Phi) is 4.46. The minimum absolute atomic E-state index is 0.296. The molecule has 76 valence electrons. The van der Waals surface area contributed by atoms with Crippen LogP contribution in [0.5, 0.6) is 0 Å². The first-order chi connectivity index (χ1) is 6.68. The van der Waals surface area contributed by atoms with E-state index < -0.39 is 0 Å². The zero-order chi connectivity index (χ0) is 10.4. The summed E-state index contributed by atoms with van der Waals surface area (Å²) in [6.45, 7) is 3.27. The molecule has 1 N–H and O–H groups in total. The number of carbonyl (C=O) groups excluding carboxylic acids is 1.